The molecular formula is C30H52. The van der Waals surface area contributed by atoms with E-state index < -0.39 is 0 Å². The number of hydrogen-bond donors (Lipinski definition) is 0. The molecule has 0 amide bonds. The number of allylic oxidation sites excluding steroid dienone is 10. The third-order valence-corrected chi connectivity index (χ3v) is 5.76. The maximum absolute atomic E-state index is 2.46. The first-order chi connectivity index (χ1) is 14.2. The molecule has 0 heterocycles. The number of hydrogen-bond acceptors (Lipinski definition) is 0. The van der Waals surface area contributed by atoms with Gasteiger partial charge in [-0.2, -0.15) is 0 Å². The van der Waals surface area contributed by atoms with Gasteiger partial charge in [0.2, 0.25) is 0 Å². The molecule has 172 valence electrons. The fourth-order valence-electron chi connectivity index (χ4n) is 3.63. The van der Waals surface area contributed by atoms with Crippen molar-refractivity contribution in [3.63, 3.8) is 0 Å². The van der Waals surface area contributed by atoms with Gasteiger partial charge in [-0.25, -0.2) is 0 Å². The van der Waals surface area contributed by atoms with Crippen LogP contribution in [0.25, 0.3) is 0 Å². The minimum Gasteiger partial charge on any atom is -0.0859 e. The third kappa shape index (κ3) is 20.0. The van der Waals surface area contributed by atoms with Crippen LogP contribution in [0.5, 0.6) is 0 Å². The van der Waals surface area contributed by atoms with Crippen molar-refractivity contribution >= 4 is 0 Å². The third-order valence-electron chi connectivity index (χ3n) is 5.76. The van der Waals surface area contributed by atoms with E-state index in [1.807, 2.05) is 0 Å². The van der Waals surface area contributed by atoms with Crippen molar-refractivity contribution in [1.29, 1.82) is 0 Å². The van der Waals surface area contributed by atoms with Gasteiger partial charge in [-0.15, -0.1) is 0 Å². The molecule has 0 nitrogen and oxygen atoms in total. The molecule has 0 fully saturated rings. The Balaban J connectivity index is 3.95. The molecule has 0 spiro atoms. The molecule has 0 bridgehead atoms. The van der Waals surface area contributed by atoms with Crippen LogP contribution in [0.2, 0.25) is 0 Å². The SMILES string of the molecule is CC(C)=CCCC(C)=CCCC(C)=CCC/C=C(\C)CCCC(C)CCC=C(C)C. The Labute approximate surface area is 190 Å². The Kier molecular flexibility index (Phi) is 17.7. The predicted molar refractivity (Wildman–Crippen MR) is 140 cm³/mol. The average molecular weight is 413 g/mol. The lowest BCUT2D eigenvalue weighted by Crippen LogP contribution is -1.94. The van der Waals surface area contributed by atoms with Crippen molar-refractivity contribution in [1.82, 2.24) is 0 Å². The second-order valence-corrected chi connectivity index (χ2v) is 9.94. The molecule has 1 unspecified atom stereocenters. The lowest BCUT2D eigenvalue weighted by molar-refractivity contribution is 0.478. The number of unbranched alkanes of at least 4 members (excludes halogenated alkanes) is 1. The molecule has 0 N–H and O–H groups in total. The Morgan fingerprint density at radius 1 is 0.500 bits per heavy atom. The van der Waals surface area contributed by atoms with E-state index in [9.17, 15) is 0 Å². The van der Waals surface area contributed by atoms with Gasteiger partial charge in [0, 0.05) is 0 Å². The van der Waals surface area contributed by atoms with E-state index in [0.717, 1.165) is 5.92 Å². The van der Waals surface area contributed by atoms with Crippen LogP contribution >= 0.6 is 0 Å². The van der Waals surface area contributed by atoms with Gasteiger partial charge in [0.1, 0.15) is 0 Å². The standard InChI is InChI=1S/C30H52/c1-25(2)15-11-19-29(7)23-13-21-27(5)17-9-10-18-28(6)22-14-24-30(8)20-12-16-26(3)4/h15-18,23,30H,9-14,19-22,24H2,1-8H3/b27-17?,28-18+,29-23?. The van der Waals surface area contributed by atoms with Crippen molar-refractivity contribution in [2.45, 2.75) is 126 Å². The summed E-state index contributed by atoms with van der Waals surface area (Å²) in [6.07, 6.45) is 25.8. The molecule has 30 heavy (non-hydrogen) atoms. The van der Waals surface area contributed by atoms with E-state index >= 15 is 0 Å². The normalized spacial score (nSPS) is 13.9. The van der Waals surface area contributed by atoms with Crippen molar-refractivity contribution in [3.8, 4) is 0 Å². The lowest BCUT2D eigenvalue weighted by Gasteiger charge is -2.10. The van der Waals surface area contributed by atoms with Gasteiger partial charge in [-0.05, 0) is 119 Å². The van der Waals surface area contributed by atoms with Gasteiger partial charge in [0.15, 0.2) is 0 Å². The van der Waals surface area contributed by atoms with Crippen molar-refractivity contribution in [2.24, 2.45) is 5.92 Å². The number of rotatable bonds is 16. The minimum atomic E-state index is 0.851. The zero-order valence-corrected chi connectivity index (χ0v) is 21.7. The summed E-state index contributed by atoms with van der Waals surface area (Å²) < 4.78 is 0. The summed E-state index contributed by atoms with van der Waals surface area (Å²) in [7, 11) is 0. The summed E-state index contributed by atoms with van der Waals surface area (Å²) in [6, 6.07) is 0. The molecule has 0 rings (SSSR count). The molecule has 0 aromatic heterocycles. The maximum Gasteiger partial charge on any atom is -0.0288 e. The second kappa shape index (κ2) is 18.5. The molecule has 0 aliphatic carbocycles. The highest BCUT2D eigenvalue weighted by atomic mass is 14.1. The molecule has 1 atom stereocenters. The summed E-state index contributed by atoms with van der Waals surface area (Å²) in [5, 5.41) is 0. The molecule has 0 heteroatoms. The summed E-state index contributed by atoms with van der Waals surface area (Å²) in [5.74, 6) is 0.851. The average Bonchev–Trinajstić information content (AvgIpc) is 2.64. The minimum absolute atomic E-state index is 0.851. The summed E-state index contributed by atoms with van der Waals surface area (Å²) in [4.78, 5) is 0. The molecular weight excluding hydrogens is 360 g/mol. The van der Waals surface area contributed by atoms with Gasteiger partial charge in [-0.1, -0.05) is 71.6 Å². The zero-order valence-electron chi connectivity index (χ0n) is 21.7. The van der Waals surface area contributed by atoms with E-state index in [0.29, 0.717) is 0 Å². The van der Waals surface area contributed by atoms with Crippen LogP contribution in [-0.2, 0) is 0 Å². The Morgan fingerprint density at radius 3 is 1.47 bits per heavy atom. The van der Waals surface area contributed by atoms with Crippen LogP contribution in [0.3, 0.4) is 0 Å². The first kappa shape index (κ1) is 28.7. The van der Waals surface area contributed by atoms with E-state index in [1.54, 1.807) is 11.1 Å². The van der Waals surface area contributed by atoms with Crippen LogP contribution in [0, 0.1) is 5.92 Å². The lowest BCUT2D eigenvalue weighted by atomic mass is 9.96. The van der Waals surface area contributed by atoms with E-state index in [2.05, 4.69) is 85.8 Å². The molecule has 0 saturated carbocycles. The summed E-state index contributed by atoms with van der Waals surface area (Å²) in [5.41, 5.74) is 7.53. The topological polar surface area (TPSA) is 0 Å². The van der Waals surface area contributed by atoms with E-state index in [1.165, 1.54) is 87.3 Å². The molecule has 0 radical (unpaired) electrons. The smallest absolute Gasteiger partial charge is 0.0288 e. The molecule has 0 aromatic carbocycles. The van der Waals surface area contributed by atoms with Crippen molar-refractivity contribution < 1.29 is 0 Å². The molecule has 0 aromatic rings. The Bertz CT molecular complexity index is 584. The van der Waals surface area contributed by atoms with Gasteiger partial charge in [0.25, 0.3) is 0 Å². The summed E-state index contributed by atoms with van der Waals surface area (Å²) in [6.45, 7) is 18.0. The van der Waals surface area contributed by atoms with Gasteiger partial charge in [-0.3, -0.25) is 0 Å². The Morgan fingerprint density at radius 2 is 0.933 bits per heavy atom. The highest BCUT2D eigenvalue weighted by Gasteiger charge is 2.01. The fourth-order valence-corrected chi connectivity index (χ4v) is 3.63. The largest absolute Gasteiger partial charge is 0.0859 e. The van der Waals surface area contributed by atoms with Crippen LogP contribution in [0.15, 0.2) is 58.2 Å². The molecule has 0 aliphatic rings. The van der Waals surface area contributed by atoms with E-state index in [4.69, 9.17) is 0 Å². The monoisotopic (exact) mass is 412 g/mol. The Hall–Kier alpha value is -1.30. The van der Waals surface area contributed by atoms with Crippen molar-refractivity contribution in [3.05, 3.63) is 58.2 Å². The van der Waals surface area contributed by atoms with Gasteiger partial charge in [0.05, 0.1) is 0 Å². The van der Waals surface area contributed by atoms with Crippen LogP contribution < -0.4 is 0 Å². The first-order valence-corrected chi connectivity index (χ1v) is 12.4. The second-order valence-electron chi connectivity index (χ2n) is 9.94. The fraction of sp³-hybridized carbons (Fsp3) is 0.667. The summed E-state index contributed by atoms with van der Waals surface area (Å²) >= 11 is 0. The van der Waals surface area contributed by atoms with Crippen LogP contribution in [0.4, 0.5) is 0 Å². The van der Waals surface area contributed by atoms with Gasteiger partial charge < -0.3 is 0 Å². The van der Waals surface area contributed by atoms with E-state index in [-0.39, 0.29) is 0 Å². The predicted octanol–water partition coefficient (Wildman–Crippen LogP) is 10.7. The zero-order chi connectivity index (χ0) is 22.8. The highest BCUT2D eigenvalue weighted by Crippen LogP contribution is 2.18. The first-order valence-electron chi connectivity index (χ1n) is 12.4. The molecule has 0 aliphatic heterocycles. The molecule has 0 saturated heterocycles. The maximum atomic E-state index is 2.46. The van der Waals surface area contributed by atoms with Crippen LogP contribution in [-0.4, -0.2) is 0 Å². The van der Waals surface area contributed by atoms with Crippen molar-refractivity contribution in [2.75, 3.05) is 0 Å². The van der Waals surface area contributed by atoms with Crippen LogP contribution in [0.1, 0.15) is 126 Å². The van der Waals surface area contributed by atoms with Gasteiger partial charge >= 0.3 is 0 Å². The highest BCUT2D eigenvalue weighted by molar-refractivity contribution is 5.06. The quantitative estimate of drug-likeness (QED) is 0.175.